The van der Waals surface area contributed by atoms with E-state index in [1.807, 2.05) is 0 Å². The predicted molar refractivity (Wildman–Crippen MR) is 138 cm³/mol. The maximum atomic E-state index is 2.53. The van der Waals surface area contributed by atoms with Gasteiger partial charge < -0.3 is 9.80 Å². The van der Waals surface area contributed by atoms with Gasteiger partial charge in [-0.15, -0.1) is 0 Å². The lowest BCUT2D eigenvalue weighted by Crippen LogP contribution is -2.63. The molecule has 0 saturated heterocycles. The smallest absolute Gasteiger partial charge is 0.0470 e. The lowest BCUT2D eigenvalue weighted by Gasteiger charge is -2.58. The Morgan fingerprint density at radius 3 is 2.12 bits per heavy atom. The fourth-order valence-corrected chi connectivity index (χ4v) is 7.31. The summed E-state index contributed by atoms with van der Waals surface area (Å²) >= 11 is 0. The van der Waals surface area contributed by atoms with Crippen LogP contribution in [0, 0.1) is 10.8 Å². The van der Waals surface area contributed by atoms with Gasteiger partial charge in [0.25, 0.3) is 0 Å². The largest absolute Gasteiger partial charge is 0.370 e. The Morgan fingerprint density at radius 2 is 1.47 bits per heavy atom. The first-order chi connectivity index (χ1) is 14.9. The molecular formula is C30H38N2. The summed E-state index contributed by atoms with van der Waals surface area (Å²) in [7, 11) is 4.49. The van der Waals surface area contributed by atoms with Crippen molar-refractivity contribution in [2.24, 2.45) is 10.8 Å². The monoisotopic (exact) mass is 426 g/mol. The van der Waals surface area contributed by atoms with Crippen LogP contribution in [0.3, 0.4) is 0 Å². The minimum atomic E-state index is -0.0259. The van der Waals surface area contributed by atoms with Gasteiger partial charge in [-0.05, 0) is 29.7 Å². The number of likely N-dealkylation sites (N-methyl/N-ethyl adjacent to an activating group) is 2. The maximum absolute atomic E-state index is 2.53. The van der Waals surface area contributed by atoms with Gasteiger partial charge >= 0.3 is 0 Å². The van der Waals surface area contributed by atoms with Crippen molar-refractivity contribution in [3.8, 4) is 0 Å². The summed E-state index contributed by atoms with van der Waals surface area (Å²) in [6.07, 6.45) is 8.67. The van der Waals surface area contributed by atoms with Crippen molar-refractivity contribution in [2.75, 3.05) is 23.9 Å². The molecule has 3 aliphatic rings. The van der Waals surface area contributed by atoms with Gasteiger partial charge in [-0.25, -0.2) is 0 Å². The molecule has 5 rings (SSSR count). The Balaban J connectivity index is 1.43. The second-order valence-electron chi connectivity index (χ2n) is 12.0. The molecule has 1 fully saturated rings. The highest BCUT2D eigenvalue weighted by molar-refractivity contribution is 5.70. The van der Waals surface area contributed by atoms with Crippen LogP contribution in [-0.4, -0.2) is 20.1 Å². The van der Waals surface area contributed by atoms with Gasteiger partial charge in [0, 0.05) is 58.9 Å². The summed E-state index contributed by atoms with van der Waals surface area (Å²) in [6, 6.07) is 18.3. The van der Waals surface area contributed by atoms with Crippen molar-refractivity contribution in [1.82, 2.24) is 0 Å². The van der Waals surface area contributed by atoms with Crippen LogP contribution in [-0.2, 0) is 10.8 Å². The Bertz CT molecular complexity index is 1140. The van der Waals surface area contributed by atoms with E-state index < -0.39 is 0 Å². The highest BCUT2D eigenvalue weighted by Gasteiger charge is 2.63. The van der Waals surface area contributed by atoms with E-state index in [0.717, 1.165) is 0 Å². The van der Waals surface area contributed by atoms with E-state index in [1.165, 1.54) is 34.6 Å². The summed E-state index contributed by atoms with van der Waals surface area (Å²) in [6.45, 7) is 14.3. The van der Waals surface area contributed by atoms with Gasteiger partial charge in [0.1, 0.15) is 0 Å². The molecule has 0 radical (unpaired) electrons. The minimum Gasteiger partial charge on any atom is -0.370 e. The molecule has 2 aromatic carbocycles. The zero-order valence-electron chi connectivity index (χ0n) is 21.0. The van der Waals surface area contributed by atoms with Gasteiger partial charge in [0.05, 0.1) is 0 Å². The third kappa shape index (κ3) is 2.77. The number of benzene rings is 2. The zero-order valence-corrected chi connectivity index (χ0v) is 21.0. The third-order valence-corrected chi connectivity index (χ3v) is 8.61. The first-order valence-electron chi connectivity index (χ1n) is 12.0. The molecule has 2 heterocycles. The Kier molecular flexibility index (Phi) is 4.36. The topological polar surface area (TPSA) is 6.48 Å². The molecule has 3 unspecified atom stereocenters. The molecule has 0 N–H and O–H groups in total. The van der Waals surface area contributed by atoms with E-state index in [4.69, 9.17) is 0 Å². The Hall–Kier alpha value is -2.48. The lowest BCUT2D eigenvalue weighted by atomic mass is 9.49. The minimum absolute atomic E-state index is 0.0166. The molecule has 0 aromatic heterocycles. The van der Waals surface area contributed by atoms with Crippen molar-refractivity contribution in [3.63, 3.8) is 0 Å². The van der Waals surface area contributed by atoms with Gasteiger partial charge in [-0.2, -0.15) is 0 Å². The predicted octanol–water partition coefficient (Wildman–Crippen LogP) is 7.07. The number of hydrogen-bond donors (Lipinski definition) is 0. The van der Waals surface area contributed by atoms with E-state index >= 15 is 0 Å². The average molecular weight is 427 g/mol. The van der Waals surface area contributed by atoms with Crippen LogP contribution in [0.2, 0.25) is 0 Å². The number of hydrogen-bond acceptors (Lipinski definition) is 2. The fourth-order valence-electron chi connectivity index (χ4n) is 7.31. The molecule has 3 atom stereocenters. The summed E-state index contributed by atoms with van der Waals surface area (Å²) < 4.78 is 0. The third-order valence-electron chi connectivity index (χ3n) is 8.61. The molecule has 168 valence electrons. The zero-order chi connectivity index (χ0) is 23.1. The van der Waals surface area contributed by atoms with Crippen molar-refractivity contribution in [3.05, 3.63) is 83.6 Å². The van der Waals surface area contributed by atoms with Crippen molar-refractivity contribution in [1.29, 1.82) is 0 Å². The fraction of sp³-hybridized carbons (Fsp3) is 0.467. The molecule has 1 aliphatic carbocycles. The van der Waals surface area contributed by atoms with Crippen LogP contribution in [0.5, 0.6) is 0 Å². The molecular weight excluding hydrogens is 388 g/mol. The molecule has 32 heavy (non-hydrogen) atoms. The molecule has 0 bridgehead atoms. The first kappa shape index (κ1) is 21.4. The second-order valence-corrected chi connectivity index (χ2v) is 12.0. The Labute approximate surface area is 194 Å². The van der Waals surface area contributed by atoms with Crippen LogP contribution in [0.1, 0.15) is 59.1 Å². The van der Waals surface area contributed by atoms with Crippen molar-refractivity contribution in [2.45, 2.75) is 64.8 Å². The van der Waals surface area contributed by atoms with Crippen LogP contribution >= 0.6 is 0 Å². The van der Waals surface area contributed by atoms with Gasteiger partial charge in [0.2, 0.25) is 0 Å². The number of allylic oxidation sites excluding steroid dienone is 3. The van der Waals surface area contributed by atoms with E-state index in [-0.39, 0.29) is 21.7 Å². The average Bonchev–Trinajstić information content (AvgIpc) is 3.04. The highest BCUT2D eigenvalue weighted by atomic mass is 15.2. The molecule has 2 aromatic rings. The number of anilines is 2. The number of para-hydroxylation sites is 2. The molecule has 0 amide bonds. The molecule has 2 aliphatic heterocycles. The van der Waals surface area contributed by atoms with Crippen molar-refractivity contribution < 1.29 is 0 Å². The van der Waals surface area contributed by atoms with Crippen LogP contribution in [0.4, 0.5) is 11.4 Å². The first-order valence-corrected chi connectivity index (χ1v) is 12.0. The van der Waals surface area contributed by atoms with Crippen LogP contribution in [0.25, 0.3) is 0 Å². The summed E-state index contributed by atoms with van der Waals surface area (Å²) in [5.74, 6) is 0. The second kappa shape index (κ2) is 6.53. The van der Waals surface area contributed by atoms with E-state index in [9.17, 15) is 0 Å². The number of nitrogens with zero attached hydrogens (tertiary/aromatic N) is 2. The van der Waals surface area contributed by atoms with Gasteiger partial charge in [-0.3, -0.25) is 0 Å². The normalized spacial score (nSPS) is 31.6. The highest BCUT2D eigenvalue weighted by Crippen LogP contribution is 2.64. The SMILES string of the molecule is CN1/C(=C\C(C)(C)/C=C/C2(C)CC3(C)c4ccccc4N(C)C23)C(C)(C)c2ccccc21. The standard InChI is InChI=1S/C30H38N2/c1-27(2,19-25-28(3,4)21-13-9-11-15-23(21)31(25)7)17-18-29(5)20-30(6)22-14-10-12-16-24(22)32(8)26(29)30/h9-19,26H,20H2,1-8H3/b18-17+,25-19-. The summed E-state index contributed by atoms with van der Waals surface area (Å²) in [5.41, 5.74) is 7.49. The van der Waals surface area contributed by atoms with E-state index in [0.29, 0.717) is 6.04 Å². The number of fused-ring (bicyclic) bond motifs is 4. The maximum Gasteiger partial charge on any atom is 0.0470 e. The molecule has 2 heteroatoms. The molecule has 0 spiro atoms. The van der Waals surface area contributed by atoms with Crippen LogP contribution < -0.4 is 9.80 Å². The molecule has 1 saturated carbocycles. The Morgan fingerprint density at radius 1 is 0.875 bits per heavy atom. The van der Waals surface area contributed by atoms with Gasteiger partial charge in [-0.1, -0.05) is 96.2 Å². The van der Waals surface area contributed by atoms with E-state index in [1.54, 1.807) is 0 Å². The molecule has 2 nitrogen and oxygen atoms in total. The summed E-state index contributed by atoms with van der Waals surface area (Å²) in [4.78, 5) is 4.91. The lowest BCUT2D eigenvalue weighted by molar-refractivity contribution is 0.0689. The van der Waals surface area contributed by atoms with E-state index in [2.05, 4.69) is 132 Å². The van der Waals surface area contributed by atoms with Crippen molar-refractivity contribution >= 4 is 11.4 Å². The van der Waals surface area contributed by atoms with Crippen LogP contribution in [0.15, 0.2) is 72.5 Å². The van der Waals surface area contributed by atoms with Gasteiger partial charge in [0.15, 0.2) is 0 Å². The quantitative estimate of drug-likeness (QED) is 0.484. The summed E-state index contributed by atoms with van der Waals surface area (Å²) in [5, 5.41) is 0. The number of rotatable bonds is 3.